The predicted octanol–water partition coefficient (Wildman–Crippen LogP) is 0.627. The molecule has 2 aromatic rings. The van der Waals surface area contributed by atoms with Gasteiger partial charge in [-0.05, 0) is 62.6 Å². The number of nitrogens with two attached hydrogens (primary N) is 1. The van der Waals surface area contributed by atoms with Crippen LogP contribution in [0.4, 0.5) is 5.69 Å². The normalized spacial score (nSPS) is 26.6. The van der Waals surface area contributed by atoms with Crippen molar-refractivity contribution >= 4 is 46.3 Å². The number of nitrogens with one attached hydrogen (secondary N) is 2. The topological polar surface area (TPSA) is 171 Å². The van der Waals surface area contributed by atoms with E-state index in [9.17, 15) is 28.8 Å². The number of piperidine rings is 1. The van der Waals surface area contributed by atoms with E-state index in [1.165, 1.54) is 4.57 Å². The van der Waals surface area contributed by atoms with E-state index in [1.54, 1.807) is 4.90 Å². The number of hydrogen-bond donors (Lipinski definition) is 3. The van der Waals surface area contributed by atoms with Crippen molar-refractivity contribution in [1.29, 1.82) is 0 Å². The standard InChI is InChI=1S/C30H39N7O6/c1-17-14-34(12-11-19-5-8-23(27(31)40)36(19)29(17)42)26(39)4-2-3-18-15-35(16-18)20-6-7-22-21(13-20)32-30(43)37(22)24-9-10-25(38)33-28(24)41/h6-7,13,17-19,23-24H,2-5,8-12,14-16H2,1H3,(H2,31,40)(H,32,43)(H,33,38,41)/t17-,19+,23-,24?/m0/s1. The molecule has 0 bridgehead atoms. The highest BCUT2D eigenvalue weighted by Gasteiger charge is 2.43. The SMILES string of the molecule is C[C@H]1CN(C(=O)CCCC2CN(c3ccc4c(c3)[nH]c(=O)n4C3CCC(=O)NC3=O)C2)CC[C@H]2CC[C@@H](C(N)=O)N2C1=O. The number of carbonyl (C=O) groups is 5. The van der Waals surface area contributed by atoms with Crippen LogP contribution in [0.3, 0.4) is 0 Å². The second kappa shape index (κ2) is 11.5. The van der Waals surface area contributed by atoms with Gasteiger partial charge in [-0.2, -0.15) is 0 Å². The van der Waals surface area contributed by atoms with Crippen molar-refractivity contribution in [2.24, 2.45) is 17.6 Å². The zero-order chi connectivity index (χ0) is 30.4. The molecule has 0 spiro atoms. The lowest BCUT2D eigenvalue weighted by atomic mass is 9.93. The van der Waals surface area contributed by atoms with Crippen LogP contribution < -0.4 is 21.6 Å². The number of anilines is 1. The maximum Gasteiger partial charge on any atom is 0.327 e. The van der Waals surface area contributed by atoms with Crippen molar-refractivity contribution < 1.29 is 24.0 Å². The molecule has 4 atom stereocenters. The monoisotopic (exact) mass is 593 g/mol. The smallest absolute Gasteiger partial charge is 0.327 e. The molecule has 43 heavy (non-hydrogen) atoms. The fraction of sp³-hybridized carbons (Fsp3) is 0.600. The Morgan fingerprint density at radius 2 is 1.81 bits per heavy atom. The summed E-state index contributed by atoms with van der Waals surface area (Å²) in [7, 11) is 0. The minimum absolute atomic E-state index is 0.0444. The van der Waals surface area contributed by atoms with Gasteiger partial charge in [0.05, 0.1) is 17.0 Å². The van der Waals surface area contributed by atoms with Crippen LogP contribution in [-0.2, 0) is 24.0 Å². The van der Waals surface area contributed by atoms with Crippen molar-refractivity contribution in [1.82, 2.24) is 24.7 Å². The van der Waals surface area contributed by atoms with Gasteiger partial charge < -0.3 is 25.4 Å². The first-order valence-electron chi connectivity index (χ1n) is 15.3. The molecule has 1 unspecified atom stereocenters. The Bertz CT molecular complexity index is 1520. The summed E-state index contributed by atoms with van der Waals surface area (Å²) in [4.78, 5) is 83.2. The summed E-state index contributed by atoms with van der Waals surface area (Å²) in [5.74, 6) is -1.16. The third-order valence-electron chi connectivity index (χ3n) is 9.63. The molecule has 4 fully saturated rings. The van der Waals surface area contributed by atoms with Gasteiger partial charge in [0.1, 0.15) is 12.1 Å². The Balaban J connectivity index is 0.990. The molecule has 0 saturated carbocycles. The van der Waals surface area contributed by atoms with Crippen LogP contribution in [0.1, 0.15) is 64.3 Å². The van der Waals surface area contributed by atoms with Crippen LogP contribution in [0.2, 0.25) is 0 Å². The molecule has 5 amide bonds. The number of nitrogens with zero attached hydrogens (tertiary/aromatic N) is 4. The number of benzene rings is 1. The van der Waals surface area contributed by atoms with Gasteiger partial charge in [0.15, 0.2) is 0 Å². The largest absolute Gasteiger partial charge is 0.371 e. The Hall–Kier alpha value is -4.16. The highest BCUT2D eigenvalue weighted by molar-refractivity contribution is 6.00. The molecule has 13 heteroatoms. The predicted molar refractivity (Wildman–Crippen MR) is 157 cm³/mol. The minimum Gasteiger partial charge on any atom is -0.371 e. The van der Waals surface area contributed by atoms with E-state index in [0.29, 0.717) is 55.7 Å². The number of imide groups is 1. The summed E-state index contributed by atoms with van der Waals surface area (Å²) in [6.07, 6.45) is 4.62. The highest BCUT2D eigenvalue weighted by Crippen LogP contribution is 2.32. The molecule has 0 radical (unpaired) electrons. The average molecular weight is 594 g/mol. The number of imidazole rings is 1. The van der Waals surface area contributed by atoms with Crippen LogP contribution in [0.25, 0.3) is 11.0 Å². The van der Waals surface area contributed by atoms with Crippen molar-refractivity contribution in [2.75, 3.05) is 31.1 Å². The van der Waals surface area contributed by atoms with E-state index in [-0.39, 0.29) is 41.8 Å². The molecule has 1 aromatic carbocycles. The van der Waals surface area contributed by atoms with Gasteiger partial charge >= 0.3 is 5.69 Å². The van der Waals surface area contributed by atoms with Crippen LogP contribution in [0.5, 0.6) is 0 Å². The van der Waals surface area contributed by atoms with Crippen molar-refractivity contribution in [3.8, 4) is 0 Å². The Kier molecular flexibility index (Phi) is 7.74. The van der Waals surface area contributed by atoms with E-state index in [1.807, 2.05) is 30.0 Å². The van der Waals surface area contributed by atoms with Gasteiger partial charge in [-0.1, -0.05) is 6.92 Å². The summed E-state index contributed by atoms with van der Waals surface area (Å²) < 4.78 is 1.43. The number of aromatic nitrogens is 2. The van der Waals surface area contributed by atoms with Gasteiger partial charge in [-0.3, -0.25) is 33.9 Å². The number of amides is 5. The number of aromatic amines is 1. The Morgan fingerprint density at radius 1 is 1.02 bits per heavy atom. The van der Waals surface area contributed by atoms with Gasteiger partial charge in [-0.25, -0.2) is 4.79 Å². The van der Waals surface area contributed by atoms with E-state index < -0.39 is 23.9 Å². The lowest BCUT2D eigenvalue weighted by Crippen LogP contribution is -2.53. The third-order valence-corrected chi connectivity index (χ3v) is 9.63. The maximum atomic E-state index is 13.1. The number of carbonyl (C=O) groups excluding carboxylic acids is 5. The van der Waals surface area contributed by atoms with E-state index in [4.69, 9.17) is 5.73 Å². The third kappa shape index (κ3) is 5.52. The molecule has 13 nitrogen and oxygen atoms in total. The van der Waals surface area contributed by atoms with Gasteiger partial charge in [0, 0.05) is 50.7 Å². The molecular weight excluding hydrogens is 554 g/mol. The van der Waals surface area contributed by atoms with E-state index in [0.717, 1.165) is 38.0 Å². The summed E-state index contributed by atoms with van der Waals surface area (Å²) in [5.41, 5.74) is 7.43. The summed E-state index contributed by atoms with van der Waals surface area (Å²) in [5, 5.41) is 2.31. The van der Waals surface area contributed by atoms with Crippen LogP contribution in [-0.4, -0.2) is 87.1 Å². The number of primary amides is 1. The molecule has 1 aromatic heterocycles. The molecule has 4 aliphatic rings. The molecule has 4 aliphatic heterocycles. The number of rotatable bonds is 7. The minimum atomic E-state index is -0.713. The summed E-state index contributed by atoms with van der Waals surface area (Å²) in [6.45, 7) is 4.47. The Morgan fingerprint density at radius 3 is 2.56 bits per heavy atom. The van der Waals surface area contributed by atoms with Crippen molar-refractivity contribution in [3.63, 3.8) is 0 Å². The second-order valence-electron chi connectivity index (χ2n) is 12.6. The van der Waals surface area contributed by atoms with Crippen LogP contribution in [0.15, 0.2) is 23.0 Å². The van der Waals surface area contributed by atoms with Crippen LogP contribution in [0, 0.1) is 11.8 Å². The fourth-order valence-electron chi connectivity index (χ4n) is 7.28. The summed E-state index contributed by atoms with van der Waals surface area (Å²) >= 11 is 0. The van der Waals surface area contributed by atoms with Gasteiger partial charge in [0.2, 0.25) is 29.5 Å². The second-order valence-corrected chi connectivity index (χ2v) is 12.6. The molecule has 4 saturated heterocycles. The molecule has 230 valence electrons. The van der Waals surface area contributed by atoms with Gasteiger partial charge in [0.25, 0.3) is 0 Å². The zero-order valence-corrected chi connectivity index (χ0v) is 24.4. The lowest BCUT2D eigenvalue weighted by Gasteiger charge is -2.41. The maximum absolute atomic E-state index is 13.1. The average Bonchev–Trinajstić information content (AvgIpc) is 3.50. The number of hydrogen-bond acceptors (Lipinski definition) is 7. The van der Waals surface area contributed by atoms with E-state index >= 15 is 0 Å². The quantitative estimate of drug-likeness (QED) is 0.395. The van der Waals surface area contributed by atoms with Crippen molar-refractivity contribution in [2.45, 2.75) is 76.4 Å². The van der Waals surface area contributed by atoms with Crippen molar-refractivity contribution in [3.05, 3.63) is 28.7 Å². The number of H-pyrrole nitrogens is 1. The fourth-order valence-corrected chi connectivity index (χ4v) is 7.28. The summed E-state index contributed by atoms with van der Waals surface area (Å²) in [6, 6.07) is 4.41. The lowest BCUT2D eigenvalue weighted by molar-refractivity contribution is -0.146. The first kappa shape index (κ1) is 28.9. The zero-order valence-electron chi connectivity index (χ0n) is 24.4. The first-order chi connectivity index (χ1) is 20.6. The number of fused-ring (bicyclic) bond motifs is 2. The molecule has 5 heterocycles. The highest BCUT2D eigenvalue weighted by atomic mass is 16.2. The van der Waals surface area contributed by atoms with Crippen LogP contribution >= 0.6 is 0 Å². The first-order valence-corrected chi connectivity index (χ1v) is 15.3. The molecular formula is C30H39N7O6. The molecule has 4 N–H and O–H groups in total. The Labute approximate surface area is 248 Å². The molecule has 6 rings (SSSR count). The molecule has 0 aliphatic carbocycles. The van der Waals surface area contributed by atoms with E-state index in [2.05, 4.69) is 15.2 Å². The van der Waals surface area contributed by atoms with Gasteiger partial charge in [-0.15, -0.1) is 0 Å².